The highest BCUT2D eigenvalue weighted by Crippen LogP contribution is 2.31. The largest absolute Gasteiger partial charge is 1.00 e. The molecule has 1 heterocycles. The summed E-state index contributed by atoms with van der Waals surface area (Å²) < 4.78 is 7.32. The smallest absolute Gasteiger partial charge is 0.339 e. The average Bonchev–Trinajstić information content (AvgIpc) is 2.99. The number of nitrogens with zero attached hydrogens (tertiary/aromatic N) is 1. The van der Waals surface area contributed by atoms with Gasteiger partial charge in [-0.15, -0.1) is 0 Å². The predicted molar refractivity (Wildman–Crippen MR) is 94.9 cm³/mol. The van der Waals surface area contributed by atoms with E-state index in [2.05, 4.69) is 9.88 Å². The minimum absolute atomic E-state index is 0. The number of anilines is 2. The normalized spacial score (nSPS) is 10.3. The van der Waals surface area contributed by atoms with Crippen LogP contribution in [0.25, 0.3) is 11.3 Å². The van der Waals surface area contributed by atoms with E-state index in [4.69, 9.17) is 4.74 Å². The van der Waals surface area contributed by atoms with E-state index in [0.717, 1.165) is 22.1 Å². The molecule has 0 fully saturated rings. The number of methoxy groups -OCH3 is 1. The third-order valence-electron chi connectivity index (χ3n) is 3.63. The average molecular weight is 379 g/mol. The van der Waals surface area contributed by atoms with E-state index in [0.29, 0.717) is 13.2 Å². The number of ether oxygens (including phenoxy) is 1. The van der Waals surface area contributed by atoms with E-state index < -0.39 is 0 Å². The molecule has 5 nitrogen and oxygen atoms in total. The number of para-hydroxylation sites is 1. The molecule has 0 saturated carbocycles. The highest BCUT2D eigenvalue weighted by Gasteiger charge is 2.20. The first-order valence-electron chi connectivity index (χ1n) is 7.53. The van der Waals surface area contributed by atoms with Gasteiger partial charge in [-0.25, -0.2) is 9.88 Å². The summed E-state index contributed by atoms with van der Waals surface area (Å²) in [5.41, 5.74) is 2.79. The van der Waals surface area contributed by atoms with Crippen LogP contribution in [0.4, 0.5) is 10.8 Å². The van der Waals surface area contributed by atoms with Gasteiger partial charge < -0.3 is 27.4 Å². The second kappa shape index (κ2) is 8.71. The van der Waals surface area contributed by atoms with Gasteiger partial charge in [-0.1, -0.05) is 29.5 Å². The quantitative estimate of drug-likeness (QED) is 0.432. The lowest BCUT2D eigenvalue weighted by molar-refractivity contribution is -0.669. The Morgan fingerprint density at radius 3 is 2.52 bits per heavy atom. The monoisotopic (exact) mass is 378 g/mol. The SMILES string of the molecule is COCC[n+]1c(-c2ccc(O)c(O)c2)csc1Nc1ccccc1.[Cl-]. The van der Waals surface area contributed by atoms with Crippen molar-refractivity contribution in [1.29, 1.82) is 0 Å². The van der Waals surface area contributed by atoms with Crippen LogP contribution >= 0.6 is 11.3 Å². The van der Waals surface area contributed by atoms with E-state index >= 15 is 0 Å². The van der Waals surface area contributed by atoms with Crippen molar-refractivity contribution in [2.75, 3.05) is 19.0 Å². The molecule has 132 valence electrons. The molecule has 0 aliphatic rings. The molecule has 0 spiro atoms. The molecule has 25 heavy (non-hydrogen) atoms. The Balaban J connectivity index is 0.00000225. The van der Waals surface area contributed by atoms with E-state index in [9.17, 15) is 10.2 Å². The van der Waals surface area contributed by atoms with Crippen molar-refractivity contribution in [2.24, 2.45) is 0 Å². The lowest BCUT2D eigenvalue weighted by Crippen LogP contribution is -3.00. The number of thiazole rings is 1. The summed E-state index contributed by atoms with van der Waals surface area (Å²) >= 11 is 1.58. The Morgan fingerprint density at radius 1 is 1.08 bits per heavy atom. The second-order valence-electron chi connectivity index (χ2n) is 5.27. The van der Waals surface area contributed by atoms with Crippen LogP contribution < -0.4 is 22.3 Å². The summed E-state index contributed by atoms with van der Waals surface area (Å²) in [6.07, 6.45) is 0. The number of phenols is 2. The molecule has 0 atom stereocenters. The molecule has 3 aromatic rings. The second-order valence-corrected chi connectivity index (χ2v) is 6.12. The Hall–Kier alpha value is -2.28. The number of benzene rings is 2. The molecule has 0 unspecified atom stereocenters. The molecular weight excluding hydrogens is 360 g/mol. The Labute approximate surface area is 156 Å². The van der Waals surface area contributed by atoms with Gasteiger partial charge >= 0.3 is 5.13 Å². The standard InChI is InChI=1S/C18H18N2O3S.ClH/c1-23-10-9-20-15(13-7-8-16(21)17(22)11-13)12-24-18(20)19-14-5-3-2-4-6-14;/h2-8,11-12,21-22H,9-10H2,1H3;1H. The fourth-order valence-corrected chi connectivity index (χ4v) is 3.38. The molecule has 0 bridgehead atoms. The number of phenolic OH excluding ortho intramolecular Hbond substituents is 2. The minimum atomic E-state index is -0.130. The van der Waals surface area contributed by atoms with Crippen LogP contribution in [-0.2, 0) is 11.3 Å². The van der Waals surface area contributed by atoms with Gasteiger partial charge in [-0.05, 0) is 30.3 Å². The molecule has 3 N–H and O–H groups in total. The molecule has 0 radical (unpaired) electrons. The molecule has 0 aliphatic heterocycles. The zero-order valence-electron chi connectivity index (χ0n) is 13.6. The maximum atomic E-state index is 9.77. The maximum absolute atomic E-state index is 9.77. The summed E-state index contributed by atoms with van der Waals surface area (Å²) in [7, 11) is 1.67. The van der Waals surface area contributed by atoms with Crippen LogP contribution in [-0.4, -0.2) is 23.9 Å². The summed E-state index contributed by atoms with van der Waals surface area (Å²) in [5, 5.41) is 25.7. The fraction of sp³-hybridized carbons (Fsp3) is 0.167. The molecule has 0 aliphatic carbocycles. The number of hydrogen-bond acceptors (Lipinski definition) is 5. The maximum Gasteiger partial charge on any atom is 0.339 e. The third kappa shape index (κ3) is 4.42. The van der Waals surface area contributed by atoms with Gasteiger partial charge in [0.15, 0.2) is 11.5 Å². The van der Waals surface area contributed by atoms with Crippen LogP contribution in [0.1, 0.15) is 0 Å². The van der Waals surface area contributed by atoms with E-state index in [1.165, 1.54) is 6.07 Å². The third-order valence-corrected chi connectivity index (χ3v) is 4.52. The van der Waals surface area contributed by atoms with E-state index in [-0.39, 0.29) is 23.9 Å². The number of nitrogens with one attached hydrogen (secondary N) is 1. The highest BCUT2D eigenvalue weighted by atomic mass is 35.5. The van der Waals surface area contributed by atoms with Crippen LogP contribution in [0, 0.1) is 0 Å². The summed E-state index contributed by atoms with van der Waals surface area (Å²) in [6, 6.07) is 14.8. The molecular formula is C18H19ClN2O3S. The van der Waals surface area contributed by atoms with Crippen LogP contribution in [0.5, 0.6) is 11.5 Å². The number of halogens is 1. The van der Waals surface area contributed by atoms with Crippen LogP contribution in [0.2, 0.25) is 0 Å². The Bertz CT molecular complexity index is 824. The van der Waals surface area contributed by atoms with Gasteiger partial charge in [0, 0.05) is 18.1 Å². The highest BCUT2D eigenvalue weighted by molar-refractivity contribution is 7.13. The van der Waals surface area contributed by atoms with Gasteiger partial charge in [0.1, 0.15) is 17.9 Å². The predicted octanol–water partition coefficient (Wildman–Crippen LogP) is 0.508. The Morgan fingerprint density at radius 2 is 1.84 bits per heavy atom. The molecule has 0 saturated heterocycles. The lowest BCUT2D eigenvalue weighted by atomic mass is 10.1. The van der Waals surface area contributed by atoms with Gasteiger partial charge in [0.25, 0.3) is 0 Å². The van der Waals surface area contributed by atoms with Gasteiger partial charge in [-0.3, -0.25) is 0 Å². The van der Waals surface area contributed by atoms with Crippen LogP contribution in [0.3, 0.4) is 0 Å². The number of aromatic hydroxyl groups is 2. The topological polar surface area (TPSA) is 65.6 Å². The zero-order chi connectivity index (χ0) is 16.9. The summed E-state index contributed by atoms with van der Waals surface area (Å²) in [4.78, 5) is 0. The molecule has 7 heteroatoms. The van der Waals surface area contributed by atoms with Gasteiger partial charge in [-0.2, -0.15) is 0 Å². The summed E-state index contributed by atoms with van der Waals surface area (Å²) in [6.45, 7) is 1.24. The fourth-order valence-electron chi connectivity index (χ4n) is 2.40. The molecule has 3 rings (SSSR count). The molecule has 2 aromatic carbocycles. The van der Waals surface area contributed by atoms with Crippen molar-refractivity contribution in [1.82, 2.24) is 0 Å². The molecule has 1 aromatic heterocycles. The number of hydrogen-bond donors (Lipinski definition) is 3. The van der Waals surface area contributed by atoms with E-state index in [1.54, 1.807) is 30.6 Å². The first kappa shape index (κ1) is 19.1. The minimum Gasteiger partial charge on any atom is -1.00 e. The van der Waals surface area contributed by atoms with Crippen molar-refractivity contribution in [3.05, 3.63) is 53.9 Å². The van der Waals surface area contributed by atoms with Crippen molar-refractivity contribution in [3.8, 4) is 22.8 Å². The number of aromatic nitrogens is 1. The van der Waals surface area contributed by atoms with E-state index in [1.807, 2.05) is 35.7 Å². The van der Waals surface area contributed by atoms with Crippen molar-refractivity contribution < 1.29 is 31.9 Å². The number of rotatable bonds is 6. The van der Waals surface area contributed by atoms with Crippen molar-refractivity contribution >= 4 is 22.2 Å². The zero-order valence-corrected chi connectivity index (χ0v) is 15.2. The van der Waals surface area contributed by atoms with Gasteiger partial charge in [0.2, 0.25) is 0 Å². The van der Waals surface area contributed by atoms with Crippen molar-refractivity contribution in [2.45, 2.75) is 6.54 Å². The van der Waals surface area contributed by atoms with Gasteiger partial charge in [0.05, 0.1) is 6.61 Å². The van der Waals surface area contributed by atoms with Crippen LogP contribution in [0.15, 0.2) is 53.9 Å². The lowest BCUT2D eigenvalue weighted by Gasteiger charge is -2.07. The first-order valence-corrected chi connectivity index (χ1v) is 8.41. The first-order chi connectivity index (χ1) is 11.7. The molecule has 0 amide bonds. The summed E-state index contributed by atoms with van der Waals surface area (Å²) in [5.74, 6) is -0.255. The Kier molecular flexibility index (Phi) is 6.64. The van der Waals surface area contributed by atoms with Crippen molar-refractivity contribution in [3.63, 3.8) is 0 Å².